The Morgan fingerprint density at radius 1 is 1.25 bits per heavy atom. The van der Waals surface area contributed by atoms with Gasteiger partial charge in [0.15, 0.2) is 0 Å². The van der Waals surface area contributed by atoms with Crippen LogP contribution >= 0.6 is 0 Å². The summed E-state index contributed by atoms with van der Waals surface area (Å²) in [6.45, 7) is 5.35. The normalized spacial score (nSPS) is 14.1. The van der Waals surface area contributed by atoms with E-state index in [0.717, 1.165) is 43.7 Å². The second-order valence-corrected chi connectivity index (χ2v) is 6.30. The van der Waals surface area contributed by atoms with Crippen LogP contribution in [0.4, 0.5) is 11.5 Å². The minimum absolute atomic E-state index is 0.102. The molecule has 0 unspecified atom stereocenters. The molecule has 1 aliphatic heterocycles. The number of benzene rings is 1. The Hall–Kier alpha value is -2.37. The number of nitrogens with one attached hydrogen (secondary N) is 1. The minimum Gasteiger partial charge on any atom is -0.370 e. The lowest BCUT2D eigenvalue weighted by molar-refractivity contribution is -0.384. The molecule has 3 rings (SSSR count). The molecule has 0 bridgehead atoms. The Morgan fingerprint density at radius 3 is 2.58 bits per heavy atom. The van der Waals surface area contributed by atoms with E-state index in [4.69, 9.17) is 5.10 Å². The van der Waals surface area contributed by atoms with Gasteiger partial charge < -0.3 is 5.32 Å². The zero-order valence-corrected chi connectivity index (χ0v) is 14.3. The van der Waals surface area contributed by atoms with Gasteiger partial charge >= 0.3 is 0 Å². The van der Waals surface area contributed by atoms with Gasteiger partial charge in [0.1, 0.15) is 5.82 Å². The molecular weight excluding hydrogens is 304 g/mol. The lowest BCUT2D eigenvalue weighted by Gasteiger charge is -2.11. The van der Waals surface area contributed by atoms with Crippen LogP contribution in [-0.4, -0.2) is 21.2 Å². The molecule has 1 aromatic carbocycles. The first-order valence-corrected chi connectivity index (χ1v) is 8.76. The fourth-order valence-electron chi connectivity index (χ4n) is 3.43. The van der Waals surface area contributed by atoms with Crippen molar-refractivity contribution in [3.63, 3.8) is 0 Å². The Bertz CT molecular complexity index is 717. The molecule has 6 heteroatoms. The van der Waals surface area contributed by atoms with Crippen molar-refractivity contribution in [1.82, 2.24) is 9.78 Å². The Kier molecular flexibility index (Phi) is 4.83. The number of nitro benzene ring substituents is 1. The first kappa shape index (κ1) is 16.5. The van der Waals surface area contributed by atoms with Crippen LogP contribution in [0.1, 0.15) is 56.7 Å². The number of nitro groups is 1. The third-order valence-corrected chi connectivity index (χ3v) is 4.84. The Morgan fingerprint density at radius 2 is 1.96 bits per heavy atom. The van der Waals surface area contributed by atoms with E-state index in [0.29, 0.717) is 5.92 Å². The smallest absolute Gasteiger partial charge is 0.269 e. The van der Waals surface area contributed by atoms with E-state index in [2.05, 4.69) is 19.2 Å². The second-order valence-electron chi connectivity index (χ2n) is 6.30. The number of fused-ring (bicyclic) bond motifs is 1. The van der Waals surface area contributed by atoms with Gasteiger partial charge in [-0.2, -0.15) is 5.10 Å². The predicted octanol–water partition coefficient (Wildman–Crippen LogP) is 4.43. The van der Waals surface area contributed by atoms with Crippen LogP contribution in [0.15, 0.2) is 24.3 Å². The van der Waals surface area contributed by atoms with Gasteiger partial charge in [-0.1, -0.05) is 13.8 Å². The van der Waals surface area contributed by atoms with Gasteiger partial charge in [-0.25, -0.2) is 4.68 Å². The highest BCUT2D eigenvalue weighted by atomic mass is 16.6. The molecule has 0 radical (unpaired) electrons. The van der Waals surface area contributed by atoms with Crippen LogP contribution in [0.2, 0.25) is 0 Å². The molecule has 24 heavy (non-hydrogen) atoms. The topological polar surface area (TPSA) is 73.0 Å². The first-order valence-electron chi connectivity index (χ1n) is 8.76. The number of nitrogens with zero attached hydrogens (tertiary/aromatic N) is 3. The maximum Gasteiger partial charge on any atom is 0.269 e. The summed E-state index contributed by atoms with van der Waals surface area (Å²) in [6.07, 6.45) is 5.50. The third kappa shape index (κ3) is 3.00. The van der Waals surface area contributed by atoms with Gasteiger partial charge in [0.25, 0.3) is 5.69 Å². The van der Waals surface area contributed by atoms with Crippen molar-refractivity contribution in [2.45, 2.75) is 51.9 Å². The summed E-state index contributed by atoms with van der Waals surface area (Å²) in [6, 6.07) is 6.62. The average Bonchev–Trinajstić information content (AvgIpc) is 2.79. The molecule has 2 heterocycles. The molecule has 1 aliphatic rings. The van der Waals surface area contributed by atoms with Gasteiger partial charge in [0, 0.05) is 30.2 Å². The molecule has 0 fully saturated rings. The Balaban J connectivity index is 2.08. The lowest BCUT2D eigenvalue weighted by Crippen LogP contribution is -2.07. The van der Waals surface area contributed by atoms with Gasteiger partial charge in [-0.15, -0.1) is 0 Å². The van der Waals surface area contributed by atoms with E-state index in [1.807, 2.05) is 4.68 Å². The fraction of sp³-hybridized carbons (Fsp3) is 0.500. The Labute approximate surface area is 142 Å². The summed E-state index contributed by atoms with van der Waals surface area (Å²) in [5, 5.41) is 19.3. The molecule has 0 atom stereocenters. The highest BCUT2D eigenvalue weighted by Crippen LogP contribution is 2.34. The van der Waals surface area contributed by atoms with E-state index in [1.165, 1.54) is 29.8 Å². The largest absolute Gasteiger partial charge is 0.370 e. The highest BCUT2D eigenvalue weighted by molar-refractivity contribution is 5.55. The summed E-state index contributed by atoms with van der Waals surface area (Å²) in [7, 11) is 0. The molecule has 0 saturated carbocycles. The monoisotopic (exact) mass is 328 g/mol. The lowest BCUT2D eigenvalue weighted by atomic mass is 9.94. The molecule has 128 valence electrons. The molecular formula is C18H24N4O2. The molecule has 1 N–H and O–H groups in total. The second kappa shape index (κ2) is 7.03. The number of rotatable bonds is 5. The van der Waals surface area contributed by atoms with Crippen molar-refractivity contribution in [3.8, 4) is 5.69 Å². The third-order valence-electron chi connectivity index (χ3n) is 4.84. The number of aromatic nitrogens is 2. The summed E-state index contributed by atoms with van der Waals surface area (Å²) in [4.78, 5) is 10.5. The molecule has 2 aromatic rings. The number of anilines is 1. The fourth-order valence-corrected chi connectivity index (χ4v) is 3.43. The quantitative estimate of drug-likeness (QED) is 0.651. The van der Waals surface area contributed by atoms with Gasteiger partial charge in [-0.3, -0.25) is 10.1 Å². The van der Waals surface area contributed by atoms with Gasteiger partial charge in [0.05, 0.1) is 16.3 Å². The molecule has 6 nitrogen and oxygen atoms in total. The zero-order valence-electron chi connectivity index (χ0n) is 14.3. The van der Waals surface area contributed by atoms with Crippen molar-refractivity contribution in [1.29, 1.82) is 0 Å². The number of non-ortho nitro benzene ring substituents is 1. The first-order chi connectivity index (χ1) is 11.7. The van der Waals surface area contributed by atoms with Crippen molar-refractivity contribution in [3.05, 3.63) is 45.6 Å². The maximum absolute atomic E-state index is 10.9. The standard InChI is InChI=1S/C18H24N4O2/c1-3-13(4-2)17-16-7-5-6-12-19-18(16)21(20-17)14-8-10-15(11-9-14)22(23)24/h8-11,13,19H,3-7,12H2,1-2H3. The predicted molar refractivity (Wildman–Crippen MR) is 95.0 cm³/mol. The van der Waals surface area contributed by atoms with E-state index in [-0.39, 0.29) is 10.6 Å². The highest BCUT2D eigenvalue weighted by Gasteiger charge is 2.24. The van der Waals surface area contributed by atoms with Crippen LogP contribution in [-0.2, 0) is 6.42 Å². The van der Waals surface area contributed by atoms with Crippen LogP contribution in [0.5, 0.6) is 0 Å². The van der Waals surface area contributed by atoms with E-state index in [9.17, 15) is 10.1 Å². The average molecular weight is 328 g/mol. The SMILES string of the molecule is CCC(CC)c1nn(-c2ccc([N+](=O)[O-])cc2)c2c1CCCCN2. The van der Waals surface area contributed by atoms with E-state index in [1.54, 1.807) is 12.1 Å². The summed E-state index contributed by atoms with van der Waals surface area (Å²) >= 11 is 0. The van der Waals surface area contributed by atoms with E-state index >= 15 is 0 Å². The number of hydrogen-bond acceptors (Lipinski definition) is 4. The van der Waals surface area contributed by atoms with Crippen LogP contribution in [0, 0.1) is 10.1 Å². The molecule has 0 amide bonds. The molecule has 0 saturated heterocycles. The van der Waals surface area contributed by atoms with Crippen molar-refractivity contribution in [2.75, 3.05) is 11.9 Å². The minimum atomic E-state index is -0.374. The van der Waals surface area contributed by atoms with Crippen LogP contribution in [0.25, 0.3) is 5.69 Å². The summed E-state index contributed by atoms with van der Waals surface area (Å²) in [5.41, 5.74) is 3.47. The molecule has 0 aliphatic carbocycles. The van der Waals surface area contributed by atoms with Gasteiger partial charge in [-0.05, 0) is 44.2 Å². The number of hydrogen-bond donors (Lipinski definition) is 1. The van der Waals surface area contributed by atoms with Gasteiger partial charge in [0.2, 0.25) is 0 Å². The molecule has 1 aromatic heterocycles. The van der Waals surface area contributed by atoms with Crippen LogP contribution < -0.4 is 5.32 Å². The molecule has 0 spiro atoms. The van der Waals surface area contributed by atoms with Crippen molar-refractivity contribution >= 4 is 11.5 Å². The van der Waals surface area contributed by atoms with Crippen LogP contribution in [0.3, 0.4) is 0 Å². The summed E-state index contributed by atoms with van der Waals surface area (Å²) in [5.74, 6) is 1.52. The van der Waals surface area contributed by atoms with E-state index < -0.39 is 0 Å². The maximum atomic E-state index is 10.9. The zero-order chi connectivity index (χ0) is 17.1. The summed E-state index contributed by atoms with van der Waals surface area (Å²) < 4.78 is 1.93. The van der Waals surface area contributed by atoms with Crippen molar-refractivity contribution < 1.29 is 4.92 Å². The van der Waals surface area contributed by atoms with Crippen molar-refractivity contribution in [2.24, 2.45) is 0 Å².